The lowest BCUT2D eigenvalue weighted by Crippen LogP contribution is -2.20. The maximum Gasteiger partial charge on any atom is 0.311 e. The van der Waals surface area contributed by atoms with Crippen molar-refractivity contribution in [3.8, 4) is 10.6 Å². The number of fused-ring (bicyclic) bond motifs is 1. The van der Waals surface area contributed by atoms with Crippen molar-refractivity contribution in [2.24, 2.45) is 0 Å². The van der Waals surface area contributed by atoms with Crippen LogP contribution in [-0.4, -0.2) is 14.6 Å². The highest BCUT2D eigenvalue weighted by Gasteiger charge is 2.14. The molecular formula is C14H12FN3OS. The molecule has 0 N–H and O–H groups in total. The number of rotatable bonds is 1. The summed E-state index contributed by atoms with van der Waals surface area (Å²) in [5.74, 6) is -0.847. The lowest BCUT2D eigenvalue weighted by atomic mass is 10.1. The molecule has 0 unspecified atom stereocenters. The van der Waals surface area contributed by atoms with Gasteiger partial charge in [0.25, 0.3) is 0 Å². The average Bonchev–Trinajstić information content (AvgIpc) is 2.79. The van der Waals surface area contributed by atoms with Crippen molar-refractivity contribution < 1.29 is 4.39 Å². The molecule has 0 fully saturated rings. The number of nitrogens with zero attached hydrogens (tertiary/aromatic N) is 3. The molecule has 2 aromatic heterocycles. The molecule has 2 heterocycles. The SMILES string of the molecule is Cc1cc(C)cc(-c2nn3c(=O)c(F)c(C)nc3s2)c1. The normalized spacial score (nSPS) is 11.2. The smallest absolute Gasteiger partial charge is 0.264 e. The van der Waals surface area contributed by atoms with Gasteiger partial charge in [-0.25, -0.2) is 4.98 Å². The Labute approximate surface area is 118 Å². The zero-order valence-electron chi connectivity index (χ0n) is 11.3. The molecule has 0 aliphatic rings. The van der Waals surface area contributed by atoms with Crippen molar-refractivity contribution in [3.63, 3.8) is 0 Å². The van der Waals surface area contributed by atoms with Crippen LogP contribution in [0.2, 0.25) is 0 Å². The Kier molecular flexibility index (Phi) is 2.90. The van der Waals surface area contributed by atoms with Gasteiger partial charge in [-0.15, -0.1) is 0 Å². The third kappa shape index (κ3) is 2.02. The van der Waals surface area contributed by atoms with Gasteiger partial charge in [0.05, 0.1) is 5.69 Å². The van der Waals surface area contributed by atoms with E-state index in [4.69, 9.17) is 0 Å². The fraction of sp³-hybridized carbons (Fsp3) is 0.214. The Morgan fingerprint density at radius 2 is 1.80 bits per heavy atom. The molecule has 0 saturated heterocycles. The monoisotopic (exact) mass is 289 g/mol. The molecule has 0 aliphatic heterocycles. The van der Waals surface area contributed by atoms with Crippen LogP contribution in [0, 0.1) is 26.6 Å². The molecule has 0 spiro atoms. The summed E-state index contributed by atoms with van der Waals surface area (Å²) < 4.78 is 14.6. The predicted octanol–water partition coefficient (Wildman–Crippen LogP) is 2.88. The topological polar surface area (TPSA) is 47.3 Å². The van der Waals surface area contributed by atoms with Gasteiger partial charge in [-0.05, 0) is 32.9 Å². The van der Waals surface area contributed by atoms with Gasteiger partial charge in [-0.3, -0.25) is 4.79 Å². The molecule has 0 aliphatic carbocycles. The molecule has 4 nitrogen and oxygen atoms in total. The summed E-state index contributed by atoms with van der Waals surface area (Å²) in [6.07, 6.45) is 0. The van der Waals surface area contributed by atoms with Crippen LogP contribution in [0.3, 0.4) is 0 Å². The van der Waals surface area contributed by atoms with Crippen molar-refractivity contribution >= 4 is 16.3 Å². The van der Waals surface area contributed by atoms with Gasteiger partial charge in [-0.1, -0.05) is 28.5 Å². The highest BCUT2D eigenvalue weighted by atomic mass is 32.1. The third-order valence-corrected chi connectivity index (χ3v) is 3.95. The Balaban J connectivity index is 2.28. The summed E-state index contributed by atoms with van der Waals surface area (Å²) in [6.45, 7) is 5.48. The minimum Gasteiger partial charge on any atom is -0.264 e. The first-order valence-electron chi connectivity index (χ1n) is 6.10. The van der Waals surface area contributed by atoms with Crippen LogP contribution in [0.15, 0.2) is 23.0 Å². The maximum atomic E-state index is 13.6. The number of halogens is 1. The van der Waals surface area contributed by atoms with Gasteiger partial charge in [0.1, 0.15) is 5.01 Å². The Hall–Kier alpha value is -2.08. The standard InChI is InChI=1S/C14H12FN3OS/c1-7-4-8(2)6-10(5-7)12-17-18-13(19)11(15)9(3)16-14(18)20-12/h4-6H,1-3H3. The van der Waals surface area contributed by atoms with E-state index in [1.54, 1.807) is 0 Å². The van der Waals surface area contributed by atoms with Crippen LogP contribution < -0.4 is 5.56 Å². The van der Waals surface area contributed by atoms with Gasteiger partial charge in [0.15, 0.2) is 0 Å². The lowest BCUT2D eigenvalue weighted by molar-refractivity contribution is 0.580. The summed E-state index contributed by atoms with van der Waals surface area (Å²) >= 11 is 1.28. The van der Waals surface area contributed by atoms with Crippen molar-refractivity contribution in [3.05, 3.63) is 51.2 Å². The lowest BCUT2D eigenvalue weighted by Gasteiger charge is -2.00. The summed E-state index contributed by atoms with van der Waals surface area (Å²) in [7, 11) is 0. The minimum absolute atomic E-state index is 0.102. The van der Waals surface area contributed by atoms with Crippen molar-refractivity contribution in [2.45, 2.75) is 20.8 Å². The Morgan fingerprint density at radius 3 is 2.45 bits per heavy atom. The summed E-state index contributed by atoms with van der Waals surface area (Å²) in [5.41, 5.74) is 2.49. The van der Waals surface area contributed by atoms with Crippen molar-refractivity contribution in [1.29, 1.82) is 0 Å². The van der Waals surface area contributed by atoms with Gasteiger partial charge in [0.2, 0.25) is 10.8 Å². The van der Waals surface area contributed by atoms with Crippen LogP contribution in [0.25, 0.3) is 15.5 Å². The molecule has 0 amide bonds. The van der Waals surface area contributed by atoms with E-state index in [9.17, 15) is 9.18 Å². The summed E-state index contributed by atoms with van der Waals surface area (Å²) in [4.78, 5) is 16.3. The van der Waals surface area contributed by atoms with Crippen LogP contribution in [0.5, 0.6) is 0 Å². The first-order chi connectivity index (χ1) is 9.45. The van der Waals surface area contributed by atoms with E-state index >= 15 is 0 Å². The molecule has 3 rings (SSSR count). The van der Waals surface area contributed by atoms with Crippen LogP contribution in [0.1, 0.15) is 16.8 Å². The number of aryl methyl sites for hydroxylation is 3. The second-order valence-electron chi connectivity index (χ2n) is 4.79. The first kappa shape index (κ1) is 12.9. The molecule has 6 heteroatoms. The maximum absolute atomic E-state index is 13.6. The predicted molar refractivity (Wildman–Crippen MR) is 76.7 cm³/mol. The van der Waals surface area contributed by atoms with Crippen LogP contribution in [-0.2, 0) is 0 Å². The van der Waals surface area contributed by atoms with E-state index in [2.05, 4.69) is 16.1 Å². The number of hydrogen-bond donors (Lipinski definition) is 0. The molecule has 3 aromatic rings. The zero-order chi connectivity index (χ0) is 14.4. The number of aromatic nitrogens is 3. The third-order valence-electron chi connectivity index (χ3n) is 2.99. The average molecular weight is 289 g/mol. The zero-order valence-corrected chi connectivity index (χ0v) is 12.1. The highest BCUT2D eigenvalue weighted by Crippen LogP contribution is 2.26. The summed E-state index contributed by atoms with van der Waals surface area (Å²) in [5, 5.41) is 4.85. The molecule has 0 atom stereocenters. The van der Waals surface area contributed by atoms with Gasteiger partial charge in [0, 0.05) is 5.56 Å². The molecular weight excluding hydrogens is 277 g/mol. The van der Waals surface area contributed by atoms with Crippen molar-refractivity contribution in [2.75, 3.05) is 0 Å². The Morgan fingerprint density at radius 1 is 1.15 bits per heavy atom. The number of hydrogen-bond acceptors (Lipinski definition) is 4. The molecule has 1 aromatic carbocycles. The minimum atomic E-state index is -0.847. The fourth-order valence-corrected chi connectivity index (χ4v) is 3.07. The molecule has 20 heavy (non-hydrogen) atoms. The van der Waals surface area contributed by atoms with E-state index in [1.165, 1.54) is 18.3 Å². The second-order valence-corrected chi connectivity index (χ2v) is 5.75. The highest BCUT2D eigenvalue weighted by molar-refractivity contribution is 7.19. The van der Waals surface area contributed by atoms with Crippen molar-refractivity contribution in [1.82, 2.24) is 14.6 Å². The second kappa shape index (κ2) is 4.49. The number of benzene rings is 1. The Bertz CT molecular complexity index is 862. The molecule has 0 radical (unpaired) electrons. The van der Waals surface area contributed by atoms with Gasteiger partial charge >= 0.3 is 5.56 Å². The van der Waals surface area contributed by atoms with Crippen LogP contribution >= 0.6 is 11.3 Å². The van der Waals surface area contributed by atoms with Gasteiger partial charge in [-0.2, -0.15) is 14.0 Å². The fourth-order valence-electron chi connectivity index (χ4n) is 2.14. The van der Waals surface area contributed by atoms with Crippen LogP contribution in [0.4, 0.5) is 4.39 Å². The quantitative estimate of drug-likeness (QED) is 0.692. The van der Waals surface area contributed by atoms with E-state index in [1.807, 2.05) is 26.0 Å². The largest absolute Gasteiger partial charge is 0.311 e. The van der Waals surface area contributed by atoms with E-state index in [-0.39, 0.29) is 5.69 Å². The molecule has 102 valence electrons. The van der Waals surface area contributed by atoms with E-state index < -0.39 is 11.4 Å². The molecule has 0 saturated carbocycles. The summed E-state index contributed by atoms with van der Waals surface area (Å²) in [6, 6.07) is 6.03. The molecule has 0 bridgehead atoms. The van der Waals surface area contributed by atoms with Gasteiger partial charge < -0.3 is 0 Å². The van der Waals surface area contributed by atoms with E-state index in [0.717, 1.165) is 21.2 Å². The van der Waals surface area contributed by atoms with E-state index in [0.29, 0.717) is 9.97 Å². The first-order valence-corrected chi connectivity index (χ1v) is 6.92.